The van der Waals surface area contributed by atoms with Gasteiger partial charge in [-0.3, -0.25) is 0 Å². The Balaban J connectivity index is 2.43. The third-order valence-electron chi connectivity index (χ3n) is 2.51. The predicted molar refractivity (Wildman–Crippen MR) is 79.7 cm³/mol. The molecule has 0 nitrogen and oxygen atoms in total. The number of hydrogen-bond acceptors (Lipinski definition) is 1. The summed E-state index contributed by atoms with van der Waals surface area (Å²) in [5.74, 6) is 3.79. The molecule has 3 heteroatoms. The van der Waals surface area contributed by atoms with Gasteiger partial charge in [0.15, 0.2) is 0 Å². The summed E-state index contributed by atoms with van der Waals surface area (Å²) in [5, 5.41) is 0. The van der Waals surface area contributed by atoms with Gasteiger partial charge in [-0.2, -0.15) is 11.8 Å². The zero-order valence-corrected chi connectivity index (χ0v) is 12.7. The second kappa shape index (κ2) is 8.43. The van der Waals surface area contributed by atoms with Crippen molar-refractivity contribution >= 4 is 39.3 Å². The van der Waals surface area contributed by atoms with E-state index in [9.17, 15) is 0 Å². The summed E-state index contributed by atoms with van der Waals surface area (Å²) in [4.78, 5) is 0. The maximum absolute atomic E-state index is 6.02. The Hall–Kier alpha value is 0.340. The minimum absolute atomic E-state index is 0.606. The zero-order chi connectivity index (χ0) is 11.8. The minimum atomic E-state index is 0.606. The molecule has 0 saturated heterocycles. The zero-order valence-electron chi connectivity index (χ0n) is 9.59. The molecule has 90 valence electrons. The monoisotopic (exact) mass is 320 g/mol. The molecule has 0 aromatic heterocycles. The van der Waals surface area contributed by atoms with Crippen LogP contribution in [-0.2, 0) is 6.42 Å². The van der Waals surface area contributed by atoms with Crippen molar-refractivity contribution < 1.29 is 0 Å². The quantitative estimate of drug-likeness (QED) is 0.503. The highest BCUT2D eigenvalue weighted by atomic mass is 79.9. The van der Waals surface area contributed by atoms with Gasteiger partial charge < -0.3 is 0 Å². The molecule has 1 unspecified atom stereocenters. The summed E-state index contributed by atoms with van der Waals surface area (Å²) in [6, 6.07) is 8.52. The first-order valence-corrected chi connectivity index (χ1v) is 8.12. The van der Waals surface area contributed by atoms with Crippen LogP contribution >= 0.6 is 39.3 Å². The maximum atomic E-state index is 6.02. The molecular formula is C13H18BrClS. The summed E-state index contributed by atoms with van der Waals surface area (Å²) in [5.41, 5.74) is 1.38. The molecule has 0 N–H and O–H groups in total. The lowest BCUT2D eigenvalue weighted by molar-refractivity contribution is 0.571. The minimum Gasteiger partial charge on any atom is -0.162 e. The third-order valence-corrected chi connectivity index (χ3v) is 4.37. The first-order chi connectivity index (χ1) is 7.76. The van der Waals surface area contributed by atoms with E-state index in [1.54, 1.807) is 0 Å². The Labute approximate surface area is 116 Å². The third kappa shape index (κ3) is 5.60. The normalized spacial score (nSPS) is 12.7. The van der Waals surface area contributed by atoms with Gasteiger partial charge in [-0.15, -0.1) is 11.6 Å². The van der Waals surface area contributed by atoms with Crippen molar-refractivity contribution in [3.63, 3.8) is 0 Å². The maximum Gasteiger partial charge on any atom is 0.0255 e. The average molecular weight is 322 g/mol. The molecular weight excluding hydrogens is 304 g/mol. The highest BCUT2D eigenvalue weighted by Crippen LogP contribution is 2.19. The van der Waals surface area contributed by atoms with Crippen molar-refractivity contribution in [3.8, 4) is 0 Å². The van der Waals surface area contributed by atoms with Crippen LogP contribution in [0.3, 0.4) is 0 Å². The van der Waals surface area contributed by atoms with Crippen LogP contribution in [0.25, 0.3) is 0 Å². The van der Waals surface area contributed by atoms with Crippen LogP contribution in [0.1, 0.15) is 18.9 Å². The largest absolute Gasteiger partial charge is 0.162 e. The van der Waals surface area contributed by atoms with E-state index in [0.29, 0.717) is 5.92 Å². The molecule has 0 amide bonds. The highest BCUT2D eigenvalue weighted by molar-refractivity contribution is 9.10. The molecule has 0 aliphatic rings. The van der Waals surface area contributed by atoms with Crippen LogP contribution in [0.5, 0.6) is 0 Å². The molecule has 0 bridgehead atoms. The molecule has 1 rings (SSSR count). The summed E-state index contributed by atoms with van der Waals surface area (Å²) in [6.45, 7) is 2.20. The molecule has 0 saturated carbocycles. The van der Waals surface area contributed by atoms with Gasteiger partial charge in [0.05, 0.1) is 0 Å². The molecule has 0 aliphatic heterocycles. The molecule has 0 fully saturated rings. The van der Waals surface area contributed by atoms with E-state index in [1.165, 1.54) is 23.5 Å². The first kappa shape index (κ1) is 14.4. The molecule has 0 aliphatic carbocycles. The number of thioether (sulfide) groups is 1. The van der Waals surface area contributed by atoms with Gasteiger partial charge in [0, 0.05) is 10.4 Å². The molecule has 0 spiro atoms. The SMILES string of the molecule is CCSCCC(CCl)Cc1cccc(Br)c1. The summed E-state index contributed by atoms with van der Waals surface area (Å²) >= 11 is 11.5. The lowest BCUT2D eigenvalue weighted by Gasteiger charge is -2.13. The number of alkyl halides is 1. The second-order valence-corrected chi connectivity index (χ2v) is 6.46. The molecule has 0 heterocycles. The second-order valence-electron chi connectivity index (χ2n) is 3.84. The highest BCUT2D eigenvalue weighted by Gasteiger charge is 2.08. The van der Waals surface area contributed by atoms with E-state index in [1.807, 2.05) is 11.8 Å². The molecule has 1 atom stereocenters. The Morgan fingerprint density at radius 3 is 2.88 bits per heavy atom. The lowest BCUT2D eigenvalue weighted by atomic mass is 9.99. The van der Waals surface area contributed by atoms with Gasteiger partial charge in [0.1, 0.15) is 0 Å². The van der Waals surface area contributed by atoms with Gasteiger partial charge in [-0.25, -0.2) is 0 Å². The van der Waals surface area contributed by atoms with E-state index < -0.39 is 0 Å². The van der Waals surface area contributed by atoms with Crippen LogP contribution in [-0.4, -0.2) is 17.4 Å². The van der Waals surface area contributed by atoms with E-state index in [-0.39, 0.29) is 0 Å². The molecule has 16 heavy (non-hydrogen) atoms. The van der Waals surface area contributed by atoms with Crippen LogP contribution < -0.4 is 0 Å². The Bertz CT molecular complexity index is 304. The van der Waals surface area contributed by atoms with Gasteiger partial charge in [0.2, 0.25) is 0 Å². The number of hydrogen-bond donors (Lipinski definition) is 0. The van der Waals surface area contributed by atoms with Crippen molar-refractivity contribution in [1.29, 1.82) is 0 Å². The van der Waals surface area contributed by atoms with Crippen LogP contribution in [0.15, 0.2) is 28.7 Å². The number of rotatable bonds is 7. The lowest BCUT2D eigenvalue weighted by Crippen LogP contribution is -2.08. The summed E-state index contributed by atoms with van der Waals surface area (Å²) in [6.07, 6.45) is 2.31. The molecule has 1 aromatic carbocycles. The topological polar surface area (TPSA) is 0 Å². The molecule has 0 radical (unpaired) electrons. The average Bonchev–Trinajstić information content (AvgIpc) is 2.28. The van der Waals surface area contributed by atoms with Crippen LogP contribution in [0, 0.1) is 5.92 Å². The van der Waals surface area contributed by atoms with Gasteiger partial charge in [0.25, 0.3) is 0 Å². The fourth-order valence-corrected chi connectivity index (χ4v) is 3.12. The first-order valence-electron chi connectivity index (χ1n) is 5.64. The van der Waals surface area contributed by atoms with Crippen molar-refractivity contribution in [1.82, 2.24) is 0 Å². The van der Waals surface area contributed by atoms with Crippen molar-refractivity contribution in [2.45, 2.75) is 19.8 Å². The van der Waals surface area contributed by atoms with Gasteiger partial charge in [-0.1, -0.05) is 35.0 Å². The molecule has 1 aromatic rings. The number of benzene rings is 1. The van der Waals surface area contributed by atoms with Crippen LogP contribution in [0.4, 0.5) is 0 Å². The van der Waals surface area contributed by atoms with E-state index in [0.717, 1.165) is 16.8 Å². The van der Waals surface area contributed by atoms with Crippen molar-refractivity contribution in [2.24, 2.45) is 5.92 Å². The van der Waals surface area contributed by atoms with Gasteiger partial charge >= 0.3 is 0 Å². The smallest absolute Gasteiger partial charge is 0.0255 e. The Morgan fingerprint density at radius 1 is 1.44 bits per heavy atom. The van der Waals surface area contributed by atoms with Crippen molar-refractivity contribution in [2.75, 3.05) is 17.4 Å². The fourth-order valence-electron chi connectivity index (χ4n) is 1.63. The standard InChI is InChI=1S/C13H18BrClS/c1-2-16-7-6-12(10-15)8-11-4-3-5-13(14)9-11/h3-5,9,12H,2,6-8,10H2,1H3. The van der Waals surface area contributed by atoms with E-state index >= 15 is 0 Å². The van der Waals surface area contributed by atoms with Crippen molar-refractivity contribution in [3.05, 3.63) is 34.3 Å². The summed E-state index contributed by atoms with van der Waals surface area (Å²) < 4.78 is 1.15. The predicted octanol–water partition coefficient (Wildman–Crippen LogP) is 4.99. The van der Waals surface area contributed by atoms with Crippen LogP contribution in [0.2, 0.25) is 0 Å². The van der Waals surface area contributed by atoms with Gasteiger partial charge in [-0.05, 0) is 48.0 Å². The van der Waals surface area contributed by atoms with E-state index in [4.69, 9.17) is 11.6 Å². The summed E-state index contributed by atoms with van der Waals surface area (Å²) in [7, 11) is 0. The number of halogens is 2. The Morgan fingerprint density at radius 2 is 2.25 bits per heavy atom. The van der Waals surface area contributed by atoms with E-state index in [2.05, 4.69) is 47.1 Å². The Kier molecular flexibility index (Phi) is 7.59. The fraction of sp³-hybridized carbons (Fsp3) is 0.538.